The molecule has 0 fully saturated rings. The fourth-order valence-corrected chi connectivity index (χ4v) is 2.88. The van der Waals surface area contributed by atoms with Crippen LogP contribution in [0.1, 0.15) is 31.7 Å². The molecule has 0 aliphatic carbocycles. The van der Waals surface area contributed by atoms with Crippen LogP contribution in [0.25, 0.3) is 0 Å². The van der Waals surface area contributed by atoms with Gasteiger partial charge in [-0.3, -0.25) is 20.2 Å². The second kappa shape index (κ2) is 8.09. The Labute approximate surface area is 154 Å². The molecule has 1 heterocycles. The van der Waals surface area contributed by atoms with Gasteiger partial charge < -0.3 is 10.1 Å². The minimum atomic E-state index is -1.06. The van der Waals surface area contributed by atoms with E-state index in [9.17, 15) is 25.0 Å². The molecule has 10 nitrogen and oxygen atoms in total. The number of dihydropyridines is 1. The number of esters is 1. The molecule has 27 heavy (non-hydrogen) atoms. The number of nitro groups is 2. The quantitative estimate of drug-likeness (QED) is 0.346. The van der Waals surface area contributed by atoms with Crippen LogP contribution in [-0.4, -0.2) is 22.4 Å². The first-order valence-electron chi connectivity index (χ1n) is 7.89. The Morgan fingerprint density at radius 3 is 2.33 bits per heavy atom. The van der Waals surface area contributed by atoms with E-state index in [1.54, 1.807) is 6.92 Å². The fourth-order valence-electron chi connectivity index (χ4n) is 2.88. The van der Waals surface area contributed by atoms with Gasteiger partial charge in [-0.1, -0.05) is 12.1 Å². The van der Waals surface area contributed by atoms with Crippen molar-refractivity contribution in [3.63, 3.8) is 0 Å². The summed E-state index contributed by atoms with van der Waals surface area (Å²) in [5.74, 6) is -1.85. The molecule has 1 aliphatic heterocycles. The van der Waals surface area contributed by atoms with Gasteiger partial charge in [0.05, 0.1) is 33.6 Å². The van der Waals surface area contributed by atoms with Crippen LogP contribution in [0.5, 0.6) is 0 Å². The average Bonchev–Trinajstić information content (AvgIpc) is 2.60. The number of benzene rings is 1. The number of ether oxygens (including phenoxy) is 1. The highest BCUT2D eigenvalue weighted by atomic mass is 16.6. The second-order valence-corrected chi connectivity index (χ2v) is 5.76. The maximum absolute atomic E-state index is 12.5. The molecule has 0 saturated heterocycles. The molecular formula is C17H16N4O6. The van der Waals surface area contributed by atoms with E-state index in [1.807, 2.05) is 6.07 Å². The van der Waals surface area contributed by atoms with E-state index >= 15 is 0 Å². The van der Waals surface area contributed by atoms with Crippen molar-refractivity contribution in [3.8, 4) is 6.07 Å². The number of hydrogen-bond acceptors (Lipinski definition) is 8. The lowest BCUT2D eigenvalue weighted by Gasteiger charge is -2.26. The molecule has 0 aromatic heterocycles. The summed E-state index contributed by atoms with van der Waals surface area (Å²) in [7, 11) is 0. The largest absolute Gasteiger partial charge is 0.461 e. The van der Waals surface area contributed by atoms with Crippen LogP contribution < -0.4 is 5.32 Å². The maximum atomic E-state index is 12.5. The smallest absolute Gasteiger partial charge is 0.337 e. The summed E-state index contributed by atoms with van der Waals surface area (Å²) in [6, 6.07) is 7.03. The molecule has 0 amide bonds. The van der Waals surface area contributed by atoms with Gasteiger partial charge in [-0.2, -0.15) is 5.26 Å². The molecule has 1 aliphatic rings. The number of nitriles is 1. The van der Waals surface area contributed by atoms with E-state index in [1.165, 1.54) is 31.2 Å². The van der Waals surface area contributed by atoms with Gasteiger partial charge in [0.2, 0.25) is 0 Å². The lowest BCUT2D eigenvalue weighted by molar-refractivity contribution is -0.431. The molecule has 0 saturated carbocycles. The first kappa shape index (κ1) is 19.6. The van der Waals surface area contributed by atoms with Gasteiger partial charge in [-0.05, 0) is 19.4 Å². The van der Waals surface area contributed by atoms with E-state index in [0.717, 1.165) is 0 Å². The van der Waals surface area contributed by atoms with Crippen molar-refractivity contribution in [2.45, 2.75) is 26.2 Å². The Balaban J connectivity index is 2.53. The SMILES string of the molecule is CC1=C(C(=O)OCCC#N)C(c2ccc([N+](=O)[O-])cc2)C([N+](=O)[O-])=C(C)N1. The number of non-ortho nitro benzene ring substituents is 1. The highest BCUT2D eigenvalue weighted by Gasteiger charge is 2.41. The van der Waals surface area contributed by atoms with E-state index in [-0.39, 0.29) is 35.7 Å². The Kier molecular flexibility index (Phi) is 5.87. The first-order chi connectivity index (χ1) is 12.8. The van der Waals surface area contributed by atoms with Crippen LogP contribution in [0.2, 0.25) is 0 Å². The zero-order chi connectivity index (χ0) is 20.1. The molecular weight excluding hydrogens is 356 g/mol. The van der Waals surface area contributed by atoms with Gasteiger partial charge in [0, 0.05) is 17.8 Å². The predicted molar refractivity (Wildman–Crippen MR) is 92.6 cm³/mol. The van der Waals surface area contributed by atoms with Gasteiger partial charge in [0.1, 0.15) is 12.5 Å². The van der Waals surface area contributed by atoms with Gasteiger partial charge in [-0.25, -0.2) is 4.79 Å². The molecule has 1 aromatic carbocycles. The molecule has 140 valence electrons. The van der Waals surface area contributed by atoms with Crippen LogP contribution in [0.15, 0.2) is 46.9 Å². The third kappa shape index (κ3) is 4.09. The normalized spacial score (nSPS) is 16.4. The van der Waals surface area contributed by atoms with Crippen LogP contribution in [0.3, 0.4) is 0 Å². The molecule has 1 unspecified atom stereocenters. The van der Waals surface area contributed by atoms with Crippen molar-refractivity contribution in [2.75, 3.05) is 6.61 Å². The van der Waals surface area contributed by atoms with Crippen molar-refractivity contribution in [1.82, 2.24) is 5.32 Å². The highest BCUT2D eigenvalue weighted by molar-refractivity contribution is 5.92. The number of allylic oxidation sites excluding steroid dienone is 3. The number of carbonyl (C=O) groups excluding carboxylic acids is 1. The summed E-state index contributed by atoms with van der Waals surface area (Å²) in [6.45, 7) is 2.95. The summed E-state index contributed by atoms with van der Waals surface area (Å²) in [5, 5.41) is 33.9. The Morgan fingerprint density at radius 2 is 1.81 bits per heavy atom. The number of carbonyl (C=O) groups is 1. The van der Waals surface area contributed by atoms with E-state index in [2.05, 4.69) is 5.32 Å². The van der Waals surface area contributed by atoms with Gasteiger partial charge in [0.15, 0.2) is 0 Å². The van der Waals surface area contributed by atoms with Crippen molar-refractivity contribution in [1.29, 1.82) is 5.26 Å². The lowest BCUT2D eigenvalue weighted by Crippen LogP contribution is -2.31. The Bertz CT molecular complexity index is 895. The maximum Gasteiger partial charge on any atom is 0.337 e. The average molecular weight is 372 g/mol. The Hall–Kier alpha value is -3.74. The van der Waals surface area contributed by atoms with Gasteiger partial charge in [0.25, 0.3) is 11.4 Å². The summed E-state index contributed by atoms with van der Waals surface area (Å²) < 4.78 is 5.06. The minimum absolute atomic E-state index is 0.00927. The Morgan fingerprint density at radius 1 is 1.19 bits per heavy atom. The molecule has 1 atom stereocenters. The van der Waals surface area contributed by atoms with Crippen molar-refractivity contribution in [3.05, 3.63) is 72.7 Å². The van der Waals surface area contributed by atoms with Crippen LogP contribution in [-0.2, 0) is 9.53 Å². The summed E-state index contributed by atoms with van der Waals surface area (Å²) in [5.41, 5.74) is 0.591. The molecule has 0 radical (unpaired) electrons. The van der Waals surface area contributed by atoms with E-state index in [0.29, 0.717) is 11.3 Å². The molecule has 1 N–H and O–H groups in total. The number of nitrogens with zero attached hydrogens (tertiary/aromatic N) is 3. The molecule has 1 aromatic rings. The summed E-state index contributed by atoms with van der Waals surface area (Å²) in [4.78, 5) is 33.9. The van der Waals surface area contributed by atoms with Crippen molar-refractivity contribution >= 4 is 11.7 Å². The third-order valence-electron chi connectivity index (χ3n) is 4.03. The van der Waals surface area contributed by atoms with Crippen LogP contribution >= 0.6 is 0 Å². The highest BCUT2D eigenvalue weighted by Crippen LogP contribution is 2.39. The van der Waals surface area contributed by atoms with E-state index < -0.39 is 21.7 Å². The minimum Gasteiger partial charge on any atom is -0.461 e. The predicted octanol–water partition coefficient (Wildman–Crippen LogP) is 2.52. The monoisotopic (exact) mass is 372 g/mol. The van der Waals surface area contributed by atoms with Crippen LogP contribution in [0, 0.1) is 31.6 Å². The topological polar surface area (TPSA) is 148 Å². The van der Waals surface area contributed by atoms with Crippen molar-refractivity contribution < 1.29 is 19.4 Å². The third-order valence-corrected chi connectivity index (χ3v) is 4.03. The first-order valence-corrected chi connectivity index (χ1v) is 7.89. The zero-order valence-electron chi connectivity index (χ0n) is 14.6. The van der Waals surface area contributed by atoms with Gasteiger partial charge in [-0.15, -0.1) is 0 Å². The molecule has 2 rings (SSSR count). The van der Waals surface area contributed by atoms with E-state index in [4.69, 9.17) is 10.00 Å². The number of nitrogens with one attached hydrogen (secondary N) is 1. The molecule has 10 heteroatoms. The standard InChI is InChI=1S/C17H16N4O6/c1-10-14(17(22)27-9-3-8-18)15(16(21(25)26)11(2)19-10)12-4-6-13(7-5-12)20(23)24/h4-7,15,19H,3,9H2,1-2H3. The number of rotatable bonds is 6. The fraction of sp³-hybridized carbons (Fsp3) is 0.294. The molecule has 0 spiro atoms. The van der Waals surface area contributed by atoms with Crippen molar-refractivity contribution in [2.24, 2.45) is 0 Å². The number of nitro benzene ring substituents is 1. The summed E-state index contributed by atoms with van der Waals surface area (Å²) >= 11 is 0. The van der Waals surface area contributed by atoms with Gasteiger partial charge >= 0.3 is 5.97 Å². The zero-order valence-corrected chi connectivity index (χ0v) is 14.6. The number of hydrogen-bond donors (Lipinski definition) is 1. The lowest BCUT2D eigenvalue weighted by atomic mass is 9.84. The summed E-state index contributed by atoms with van der Waals surface area (Å²) in [6.07, 6.45) is -0.00927. The second-order valence-electron chi connectivity index (χ2n) is 5.76. The molecule has 0 bridgehead atoms. The van der Waals surface area contributed by atoms with Crippen LogP contribution in [0.4, 0.5) is 5.69 Å².